The zero-order valence-electron chi connectivity index (χ0n) is 9.52. The van der Waals surface area contributed by atoms with Crippen molar-refractivity contribution in [1.29, 1.82) is 0 Å². The van der Waals surface area contributed by atoms with E-state index in [4.69, 9.17) is 0 Å². The summed E-state index contributed by atoms with van der Waals surface area (Å²) in [5, 5.41) is 0. The highest BCUT2D eigenvalue weighted by molar-refractivity contribution is 5.07. The van der Waals surface area contributed by atoms with Crippen LogP contribution < -0.4 is 0 Å². The van der Waals surface area contributed by atoms with Crippen LogP contribution in [0.25, 0.3) is 0 Å². The summed E-state index contributed by atoms with van der Waals surface area (Å²) in [6.45, 7) is 14.3. The molecule has 0 N–H and O–H groups in total. The summed E-state index contributed by atoms with van der Waals surface area (Å²) in [5.41, 5.74) is 0.689. The van der Waals surface area contributed by atoms with Crippen molar-refractivity contribution in [3.05, 3.63) is 0 Å². The molecule has 72 valence electrons. The second-order valence-corrected chi connectivity index (χ2v) is 5.44. The summed E-state index contributed by atoms with van der Waals surface area (Å²) >= 11 is 0. The Hall–Kier alpha value is 0. The molecule has 1 aliphatic rings. The fourth-order valence-electron chi connectivity index (χ4n) is 3.26. The van der Waals surface area contributed by atoms with Gasteiger partial charge in [-0.1, -0.05) is 41.5 Å². The summed E-state index contributed by atoms with van der Waals surface area (Å²) in [6.07, 6.45) is 1.42. The fraction of sp³-hybridized carbons (Fsp3) is 1.00. The Labute approximate surface area is 77.7 Å². The van der Waals surface area contributed by atoms with Gasteiger partial charge in [0.05, 0.1) is 0 Å². The average molecular weight is 168 g/mol. The lowest BCUT2D eigenvalue weighted by molar-refractivity contribution is 0.253. The van der Waals surface area contributed by atoms with E-state index in [1.54, 1.807) is 0 Å². The first kappa shape index (κ1) is 10.1. The normalized spacial score (nSPS) is 41.0. The minimum atomic E-state index is 0.689. The molecule has 1 fully saturated rings. The minimum Gasteiger partial charge on any atom is -0.0628 e. The van der Waals surface area contributed by atoms with Crippen molar-refractivity contribution in [2.24, 2.45) is 29.1 Å². The number of rotatable bonds is 3. The van der Waals surface area contributed by atoms with E-state index in [0.717, 1.165) is 23.7 Å². The van der Waals surface area contributed by atoms with Crippen LogP contribution in [-0.4, -0.2) is 0 Å². The van der Waals surface area contributed by atoms with Crippen LogP contribution in [0, 0.1) is 29.1 Å². The summed E-state index contributed by atoms with van der Waals surface area (Å²) in [6, 6.07) is 0. The van der Waals surface area contributed by atoms with Crippen LogP contribution in [-0.2, 0) is 0 Å². The largest absolute Gasteiger partial charge is 0.0628 e. The average Bonchev–Trinajstić information content (AvgIpc) is 2.41. The molecule has 0 amide bonds. The molecule has 0 bridgehead atoms. The number of hydrogen-bond acceptors (Lipinski definition) is 0. The SMILES string of the molecule is CC(C)CC1(C(C)C)C(C)C1C. The molecule has 0 nitrogen and oxygen atoms in total. The molecule has 1 rings (SSSR count). The smallest absolute Gasteiger partial charge is 0.0215 e. The van der Waals surface area contributed by atoms with Gasteiger partial charge in [0, 0.05) is 0 Å². The van der Waals surface area contributed by atoms with E-state index in [2.05, 4.69) is 41.5 Å². The topological polar surface area (TPSA) is 0 Å². The van der Waals surface area contributed by atoms with E-state index in [1.807, 2.05) is 0 Å². The van der Waals surface area contributed by atoms with Gasteiger partial charge >= 0.3 is 0 Å². The van der Waals surface area contributed by atoms with Crippen molar-refractivity contribution < 1.29 is 0 Å². The van der Waals surface area contributed by atoms with Crippen molar-refractivity contribution in [2.75, 3.05) is 0 Å². The van der Waals surface area contributed by atoms with Gasteiger partial charge in [-0.15, -0.1) is 0 Å². The number of hydrogen-bond donors (Lipinski definition) is 0. The predicted octanol–water partition coefficient (Wildman–Crippen LogP) is 3.96. The summed E-state index contributed by atoms with van der Waals surface area (Å²) < 4.78 is 0. The van der Waals surface area contributed by atoms with Crippen LogP contribution in [0.2, 0.25) is 0 Å². The lowest BCUT2D eigenvalue weighted by atomic mass is 9.81. The molecule has 0 aliphatic heterocycles. The maximum Gasteiger partial charge on any atom is -0.0215 e. The van der Waals surface area contributed by atoms with Crippen LogP contribution in [0.5, 0.6) is 0 Å². The van der Waals surface area contributed by atoms with Gasteiger partial charge in [0.15, 0.2) is 0 Å². The van der Waals surface area contributed by atoms with Gasteiger partial charge < -0.3 is 0 Å². The maximum absolute atomic E-state index is 2.42. The highest BCUT2D eigenvalue weighted by Crippen LogP contribution is 2.65. The Morgan fingerprint density at radius 2 is 1.42 bits per heavy atom. The van der Waals surface area contributed by atoms with Crippen LogP contribution in [0.3, 0.4) is 0 Å². The first-order valence-corrected chi connectivity index (χ1v) is 5.43. The molecular weight excluding hydrogens is 144 g/mol. The van der Waals surface area contributed by atoms with Crippen molar-refractivity contribution in [3.63, 3.8) is 0 Å². The van der Waals surface area contributed by atoms with E-state index < -0.39 is 0 Å². The molecule has 0 radical (unpaired) electrons. The van der Waals surface area contributed by atoms with Crippen molar-refractivity contribution in [3.8, 4) is 0 Å². The van der Waals surface area contributed by atoms with E-state index in [0.29, 0.717) is 5.41 Å². The Morgan fingerprint density at radius 1 is 1.00 bits per heavy atom. The van der Waals surface area contributed by atoms with Gasteiger partial charge in [0.2, 0.25) is 0 Å². The molecule has 0 aromatic rings. The Balaban J connectivity index is 2.65. The molecule has 0 saturated heterocycles. The summed E-state index contributed by atoms with van der Waals surface area (Å²) in [5.74, 6) is 3.64. The van der Waals surface area contributed by atoms with Crippen LogP contribution in [0.4, 0.5) is 0 Å². The Morgan fingerprint density at radius 3 is 1.50 bits per heavy atom. The first-order valence-electron chi connectivity index (χ1n) is 5.43. The molecule has 1 saturated carbocycles. The Kier molecular flexibility index (Phi) is 2.56. The van der Waals surface area contributed by atoms with E-state index >= 15 is 0 Å². The molecular formula is C12H24. The monoisotopic (exact) mass is 168 g/mol. The maximum atomic E-state index is 2.42. The fourth-order valence-corrected chi connectivity index (χ4v) is 3.26. The van der Waals surface area contributed by atoms with Crippen molar-refractivity contribution >= 4 is 0 Å². The van der Waals surface area contributed by atoms with Crippen molar-refractivity contribution in [2.45, 2.75) is 48.0 Å². The highest BCUT2D eigenvalue weighted by Gasteiger charge is 2.59. The molecule has 2 unspecified atom stereocenters. The van der Waals surface area contributed by atoms with Gasteiger partial charge in [-0.25, -0.2) is 0 Å². The molecule has 0 aromatic carbocycles. The highest BCUT2D eigenvalue weighted by atomic mass is 14.6. The van der Waals surface area contributed by atoms with Crippen molar-refractivity contribution in [1.82, 2.24) is 0 Å². The van der Waals surface area contributed by atoms with Gasteiger partial charge in [-0.3, -0.25) is 0 Å². The van der Waals surface area contributed by atoms with Gasteiger partial charge in [0.1, 0.15) is 0 Å². The van der Waals surface area contributed by atoms with E-state index in [9.17, 15) is 0 Å². The first-order chi connectivity index (χ1) is 5.43. The Bertz CT molecular complexity index is 138. The minimum absolute atomic E-state index is 0.689. The summed E-state index contributed by atoms with van der Waals surface area (Å²) in [7, 11) is 0. The molecule has 0 heteroatoms. The molecule has 0 heterocycles. The molecule has 1 aliphatic carbocycles. The molecule has 0 spiro atoms. The second kappa shape index (κ2) is 3.05. The molecule has 2 atom stereocenters. The third-order valence-electron chi connectivity index (χ3n) is 4.17. The van der Waals surface area contributed by atoms with Crippen LogP contribution in [0.15, 0.2) is 0 Å². The lowest BCUT2D eigenvalue weighted by Gasteiger charge is -2.24. The van der Waals surface area contributed by atoms with Crippen LogP contribution in [0.1, 0.15) is 48.0 Å². The van der Waals surface area contributed by atoms with E-state index in [-0.39, 0.29) is 0 Å². The third-order valence-corrected chi connectivity index (χ3v) is 4.17. The standard InChI is InChI=1S/C12H24/c1-8(2)7-12(9(3)4)10(5)11(12)6/h8-11H,7H2,1-6H3. The zero-order chi connectivity index (χ0) is 9.52. The predicted molar refractivity (Wildman–Crippen MR) is 55.1 cm³/mol. The quantitative estimate of drug-likeness (QED) is 0.598. The molecule has 0 aromatic heterocycles. The lowest BCUT2D eigenvalue weighted by Crippen LogP contribution is -2.16. The zero-order valence-corrected chi connectivity index (χ0v) is 9.52. The van der Waals surface area contributed by atoms with Gasteiger partial charge in [-0.2, -0.15) is 0 Å². The third kappa shape index (κ3) is 1.30. The van der Waals surface area contributed by atoms with Gasteiger partial charge in [-0.05, 0) is 35.5 Å². The van der Waals surface area contributed by atoms with Crippen LogP contribution >= 0.6 is 0 Å². The second-order valence-electron chi connectivity index (χ2n) is 5.44. The summed E-state index contributed by atoms with van der Waals surface area (Å²) in [4.78, 5) is 0. The van der Waals surface area contributed by atoms with Gasteiger partial charge in [0.25, 0.3) is 0 Å². The molecule has 12 heavy (non-hydrogen) atoms. The van der Waals surface area contributed by atoms with E-state index in [1.165, 1.54) is 6.42 Å².